The van der Waals surface area contributed by atoms with E-state index in [0.717, 1.165) is 24.8 Å². The fourth-order valence-electron chi connectivity index (χ4n) is 5.38. The second kappa shape index (κ2) is 13.1. The number of Topliss-reactive ketones (excluding diaryl/α,β-unsaturated/α-hetero) is 1. The number of carbonyl (C=O) groups excluding carboxylic acids is 4. The van der Waals surface area contributed by atoms with Crippen molar-refractivity contribution < 1.29 is 33.4 Å². The monoisotopic (exact) mass is 531 g/mol. The van der Waals surface area contributed by atoms with Crippen molar-refractivity contribution in [2.24, 2.45) is 5.41 Å². The lowest BCUT2D eigenvalue weighted by molar-refractivity contribution is -0.139. The molecule has 5 atom stereocenters. The lowest BCUT2D eigenvalue weighted by Crippen LogP contribution is -2.50. The molecule has 10 nitrogen and oxygen atoms in total. The topological polar surface area (TPSA) is 123 Å². The number of unbranched alkanes of at least 4 members (excludes halogenated alkanes) is 1. The molecule has 0 aliphatic carbocycles. The predicted octanol–water partition coefficient (Wildman–Crippen LogP) is 3.74. The fraction of sp³-hybridized carbons (Fsp3) is 0.643. The number of rotatable bonds is 10. The van der Waals surface area contributed by atoms with Gasteiger partial charge in [0.1, 0.15) is 12.1 Å². The molecule has 0 saturated carbocycles. The van der Waals surface area contributed by atoms with E-state index >= 15 is 0 Å². The molecule has 2 saturated heterocycles. The minimum absolute atomic E-state index is 0.139. The third kappa shape index (κ3) is 6.83. The molecule has 2 N–H and O–H groups in total. The van der Waals surface area contributed by atoms with E-state index in [-0.39, 0.29) is 24.7 Å². The molecule has 2 fully saturated rings. The minimum Gasteiger partial charge on any atom is -0.453 e. The molecular formula is C28H41N3O7. The number of likely N-dealkylation sites (tertiary alicyclic amines) is 1. The smallest absolute Gasteiger partial charge is 0.409 e. The number of amides is 3. The van der Waals surface area contributed by atoms with E-state index in [1.165, 1.54) is 7.11 Å². The SMILES string of the molecule is CCCC[C@H](NC(=O)O[C@@H]1CN(C(=O)OC)C(C2CCCO2)C1(C)C)C(=O)C(=O)N[C@H](C)c1ccccc1. The number of methoxy groups -OCH3 is 1. The van der Waals surface area contributed by atoms with Crippen LogP contribution in [0.3, 0.4) is 0 Å². The first-order valence-corrected chi connectivity index (χ1v) is 13.4. The number of benzene rings is 1. The van der Waals surface area contributed by atoms with Crippen molar-refractivity contribution >= 4 is 23.9 Å². The van der Waals surface area contributed by atoms with Crippen LogP contribution in [-0.2, 0) is 23.8 Å². The summed E-state index contributed by atoms with van der Waals surface area (Å²) in [7, 11) is 1.32. The summed E-state index contributed by atoms with van der Waals surface area (Å²) in [6.45, 7) is 8.37. The normalized spacial score (nSPS) is 23.8. The fourth-order valence-corrected chi connectivity index (χ4v) is 5.38. The van der Waals surface area contributed by atoms with E-state index in [4.69, 9.17) is 14.2 Å². The van der Waals surface area contributed by atoms with Crippen molar-refractivity contribution in [2.45, 2.75) is 90.1 Å². The molecule has 2 heterocycles. The Hall–Kier alpha value is -3.14. The summed E-state index contributed by atoms with van der Waals surface area (Å²) in [6, 6.07) is 7.59. The van der Waals surface area contributed by atoms with Crippen LogP contribution >= 0.6 is 0 Å². The zero-order valence-corrected chi connectivity index (χ0v) is 23.0. The maximum Gasteiger partial charge on any atom is 0.409 e. The molecule has 2 unspecified atom stereocenters. The molecule has 3 amide bonds. The van der Waals surface area contributed by atoms with Crippen molar-refractivity contribution in [1.82, 2.24) is 15.5 Å². The maximum atomic E-state index is 13.1. The number of alkyl carbamates (subject to hydrolysis) is 1. The zero-order chi connectivity index (χ0) is 27.9. The average Bonchev–Trinajstić information content (AvgIpc) is 3.51. The Morgan fingerprint density at radius 2 is 1.87 bits per heavy atom. The Morgan fingerprint density at radius 3 is 2.47 bits per heavy atom. The van der Waals surface area contributed by atoms with Crippen molar-refractivity contribution in [3.05, 3.63) is 35.9 Å². The third-order valence-electron chi connectivity index (χ3n) is 7.59. The van der Waals surface area contributed by atoms with Crippen LogP contribution in [0.15, 0.2) is 30.3 Å². The van der Waals surface area contributed by atoms with Gasteiger partial charge >= 0.3 is 12.2 Å². The highest BCUT2D eigenvalue weighted by atomic mass is 16.6. The summed E-state index contributed by atoms with van der Waals surface area (Å²) < 4.78 is 16.7. The van der Waals surface area contributed by atoms with E-state index in [2.05, 4.69) is 10.6 Å². The Balaban J connectivity index is 1.68. The van der Waals surface area contributed by atoms with Gasteiger partial charge in [0.05, 0.1) is 31.8 Å². The molecule has 1 aromatic carbocycles. The molecule has 3 rings (SSSR count). The number of carbonyl (C=O) groups is 4. The van der Waals surface area contributed by atoms with E-state index in [9.17, 15) is 19.2 Å². The Bertz CT molecular complexity index is 978. The van der Waals surface area contributed by atoms with Crippen molar-refractivity contribution in [3.63, 3.8) is 0 Å². The number of nitrogens with one attached hydrogen (secondary N) is 2. The summed E-state index contributed by atoms with van der Waals surface area (Å²) >= 11 is 0. The van der Waals surface area contributed by atoms with Crippen molar-refractivity contribution in [2.75, 3.05) is 20.3 Å². The van der Waals surface area contributed by atoms with Gasteiger partial charge in [0.2, 0.25) is 5.78 Å². The number of ketones is 1. The maximum absolute atomic E-state index is 13.1. The first-order chi connectivity index (χ1) is 18.1. The van der Waals surface area contributed by atoms with Gasteiger partial charge in [-0.3, -0.25) is 14.5 Å². The highest BCUT2D eigenvalue weighted by Gasteiger charge is 2.56. The van der Waals surface area contributed by atoms with E-state index in [1.807, 2.05) is 51.1 Å². The van der Waals surface area contributed by atoms with Crippen molar-refractivity contribution in [1.29, 1.82) is 0 Å². The Labute approximate surface area is 224 Å². The van der Waals surface area contributed by atoms with Crippen molar-refractivity contribution in [3.8, 4) is 0 Å². The predicted molar refractivity (Wildman–Crippen MR) is 140 cm³/mol. The van der Waals surface area contributed by atoms with Crippen LogP contribution < -0.4 is 10.6 Å². The molecule has 10 heteroatoms. The van der Waals surface area contributed by atoms with Gasteiger partial charge < -0.3 is 24.8 Å². The Kier molecular flexibility index (Phi) is 10.1. The van der Waals surface area contributed by atoms with E-state index in [0.29, 0.717) is 19.4 Å². The molecule has 210 valence electrons. The molecule has 0 bridgehead atoms. The van der Waals surface area contributed by atoms with Crippen LogP contribution in [0.25, 0.3) is 0 Å². The number of hydrogen-bond acceptors (Lipinski definition) is 7. The summed E-state index contributed by atoms with van der Waals surface area (Å²) in [5, 5.41) is 5.34. The van der Waals surface area contributed by atoms with E-state index in [1.54, 1.807) is 11.8 Å². The average molecular weight is 532 g/mol. The van der Waals surface area contributed by atoms with Gasteiger partial charge in [0.15, 0.2) is 0 Å². The van der Waals surface area contributed by atoms with Crippen LogP contribution in [-0.4, -0.2) is 73.3 Å². The minimum atomic E-state index is -1.03. The molecule has 2 aliphatic rings. The molecule has 0 radical (unpaired) electrons. The number of hydrogen-bond donors (Lipinski definition) is 2. The zero-order valence-electron chi connectivity index (χ0n) is 23.0. The molecule has 0 spiro atoms. The third-order valence-corrected chi connectivity index (χ3v) is 7.59. The van der Waals surface area contributed by atoms with Crippen LogP contribution in [0.2, 0.25) is 0 Å². The van der Waals surface area contributed by atoms with Gasteiger partial charge in [-0.2, -0.15) is 0 Å². The summed E-state index contributed by atoms with van der Waals surface area (Å²) in [4.78, 5) is 53.0. The van der Waals surface area contributed by atoms with Gasteiger partial charge in [-0.15, -0.1) is 0 Å². The van der Waals surface area contributed by atoms with E-state index < -0.39 is 41.4 Å². The summed E-state index contributed by atoms with van der Waals surface area (Å²) in [5.74, 6) is -1.49. The lowest BCUT2D eigenvalue weighted by atomic mass is 9.79. The summed E-state index contributed by atoms with van der Waals surface area (Å²) in [5.41, 5.74) is 0.233. The van der Waals surface area contributed by atoms with Crippen LogP contribution in [0, 0.1) is 5.41 Å². The highest BCUT2D eigenvalue weighted by molar-refractivity contribution is 6.38. The summed E-state index contributed by atoms with van der Waals surface area (Å²) in [6.07, 6.45) is 1.26. The van der Waals surface area contributed by atoms with Gasteiger partial charge in [0.25, 0.3) is 5.91 Å². The highest BCUT2D eigenvalue weighted by Crippen LogP contribution is 2.43. The molecule has 0 aromatic heterocycles. The number of ether oxygens (including phenoxy) is 3. The molecule has 38 heavy (non-hydrogen) atoms. The van der Waals surface area contributed by atoms with Crippen LogP contribution in [0.4, 0.5) is 9.59 Å². The van der Waals surface area contributed by atoms with Crippen LogP contribution in [0.1, 0.15) is 71.4 Å². The standard InChI is InChI=1S/C28H41N3O7/c1-6-7-14-20(23(32)25(33)29-18(2)19-12-9-8-10-13-19)30-26(34)38-22-17-31(27(35)36-5)24(28(22,3)4)21-15-11-16-37-21/h8-10,12-13,18,20-22,24H,6-7,11,14-17H2,1-5H3,(H,29,33)(H,30,34)/t18-,20+,21?,22-,24?/m1/s1. The second-order valence-corrected chi connectivity index (χ2v) is 10.6. The largest absolute Gasteiger partial charge is 0.453 e. The molecule has 1 aromatic rings. The second-order valence-electron chi connectivity index (χ2n) is 10.6. The Morgan fingerprint density at radius 1 is 1.16 bits per heavy atom. The quantitative estimate of drug-likeness (QED) is 0.441. The number of nitrogens with zero attached hydrogens (tertiary/aromatic N) is 1. The lowest BCUT2D eigenvalue weighted by Gasteiger charge is -2.36. The van der Waals surface area contributed by atoms with Gasteiger partial charge in [-0.1, -0.05) is 63.9 Å². The van der Waals surface area contributed by atoms with Crippen LogP contribution in [0.5, 0.6) is 0 Å². The first kappa shape index (κ1) is 29.4. The first-order valence-electron chi connectivity index (χ1n) is 13.4. The van der Waals surface area contributed by atoms with Gasteiger partial charge in [0, 0.05) is 12.0 Å². The molecule has 2 aliphatic heterocycles. The van der Waals surface area contributed by atoms with Gasteiger partial charge in [-0.05, 0) is 31.7 Å². The molecular weight excluding hydrogens is 490 g/mol. The van der Waals surface area contributed by atoms with Gasteiger partial charge in [-0.25, -0.2) is 9.59 Å².